The molecule has 2 aliphatic rings. The fourth-order valence-electron chi connectivity index (χ4n) is 3.53. The second kappa shape index (κ2) is 10.2. The summed E-state index contributed by atoms with van der Waals surface area (Å²) in [5, 5.41) is 3.02. The third-order valence-electron chi connectivity index (χ3n) is 5.23. The first kappa shape index (κ1) is 22.0. The lowest BCUT2D eigenvalue weighted by atomic mass is 9.99. The quantitative estimate of drug-likeness (QED) is 0.831. The topological polar surface area (TPSA) is 71.2 Å². The molecule has 5 nitrogen and oxygen atoms in total. The van der Waals surface area contributed by atoms with Crippen molar-refractivity contribution in [2.75, 3.05) is 18.0 Å². The first-order chi connectivity index (χ1) is 11.1. The summed E-state index contributed by atoms with van der Waals surface area (Å²) < 4.78 is 0. The minimum atomic E-state index is 0. The van der Waals surface area contributed by atoms with Gasteiger partial charge in [0.05, 0.1) is 0 Å². The zero-order valence-electron chi connectivity index (χ0n) is 14.8. The Morgan fingerprint density at radius 3 is 2.52 bits per heavy atom. The highest BCUT2D eigenvalue weighted by Gasteiger charge is 2.27. The zero-order valence-corrected chi connectivity index (χ0v) is 16.5. The highest BCUT2D eigenvalue weighted by Crippen LogP contribution is 2.24. The highest BCUT2D eigenvalue weighted by atomic mass is 35.5. The van der Waals surface area contributed by atoms with Crippen molar-refractivity contribution in [3.05, 3.63) is 23.9 Å². The molecule has 7 heteroatoms. The minimum absolute atomic E-state index is 0. The van der Waals surface area contributed by atoms with Gasteiger partial charge in [-0.25, -0.2) is 4.98 Å². The van der Waals surface area contributed by atoms with E-state index in [2.05, 4.69) is 34.3 Å². The minimum Gasteiger partial charge on any atom is -0.357 e. The summed E-state index contributed by atoms with van der Waals surface area (Å²) >= 11 is 0. The number of piperidine rings is 1. The zero-order chi connectivity index (χ0) is 16.2. The molecule has 0 aromatic carbocycles. The lowest BCUT2D eigenvalue weighted by molar-refractivity contribution is -0.125. The SMILES string of the molecule is CC1CCN(c2ccc(CNC(=O)C3CCC(N)C3)cn2)CC1.Cl.Cl. The third kappa shape index (κ3) is 6.01. The van der Waals surface area contributed by atoms with Gasteiger partial charge in [-0.2, -0.15) is 0 Å². The number of hydrogen-bond donors (Lipinski definition) is 2. The molecule has 2 fully saturated rings. The van der Waals surface area contributed by atoms with E-state index in [1.165, 1.54) is 12.8 Å². The molecule has 1 saturated carbocycles. The van der Waals surface area contributed by atoms with Crippen molar-refractivity contribution in [3.63, 3.8) is 0 Å². The molecule has 0 bridgehead atoms. The van der Waals surface area contributed by atoms with Gasteiger partial charge in [0.25, 0.3) is 0 Å². The summed E-state index contributed by atoms with van der Waals surface area (Å²) in [5.41, 5.74) is 6.92. The molecule has 0 spiro atoms. The lowest BCUT2D eigenvalue weighted by Crippen LogP contribution is -2.33. The normalized spacial score (nSPS) is 23.5. The second-order valence-corrected chi connectivity index (χ2v) is 7.18. The van der Waals surface area contributed by atoms with Gasteiger partial charge in [0.15, 0.2) is 0 Å². The maximum atomic E-state index is 12.1. The van der Waals surface area contributed by atoms with E-state index in [1.54, 1.807) is 0 Å². The number of halogens is 2. The van der Waals surface area contributed by atoms with Crippen LogP contribution in [0.15, 0.2) is 18.3 Å². The molecule has 1 saturated heterocycles. The van der Waals surface area contributed by atoms with E-state index >= 15 is 0 Å². The van der Waals surface area contributed by atoms with Gasteiger partial charge in [-0.05, 0) is 49.7 Å². The molecular weight excluding hydrogens is 359 g/mol. The van der Waals surface area contributed by atoms with Gasteiger partial charge in [0, 0.05) is 37.8 Å². The summed E-state index contributed by atoms with van der Waals surface area (Å²) in [7, 11) is 0. The number of carbonyl (C=O) groups is 1. The number of hydrogen-bond acceptors (Lipinski definition) is 4. The van der Waals surface area contributed by atoms with E-state index in [4.69, 9.17) is 5.73 Å². The van der Waals surface area contributed by atoms with Crippen molar-refractivity contribution in [1.82, 2.24) is 10.3 Å². The molecule has 1 amide bonds. The fourth-order valence-corrected chi connectivity index (χ4v) is 3.53. The van der Waals surface area contributed by atoms with Gasteiger partial charge < -0.3 is 16.0 Å². The molecule has 1 aromatic heterocycles. The summed E-state index contributed by atoms with van der Waals surface area (Å²) in [5.74, 6) is 2.10. The Morgan fingerprint density at radius 1 is 1.24 bits per heavy atom. The summed E-state index contributed by atoms with van der Waals surface area (Å²) in [6.07, 6.45) is 7.05. The van der Waals surface area contributed by atoms with Crippen molar-refractivity contribution < 1.29 is 4.79 Å². The summed E-state index contributed by atoms with van der Waals surface area (Å²) in [6, 6.07) is 4.34. The summed E-state index contributed by atoms with van der Waals surface area (Å²) in [4.78, 5) is 19.0. The molecule has 2 atom stereocenters. The van der Waals surface area contributed by atoms with E-state index < -0.39 is 0 Å². The van der Waals surface area contributed by atoms with E-state index in [0.717, 1.165) is 49.7 Å². The van der Waals surface area contributed by atoms with Crippen LogP contribution < -0.4 is 16.0 Å². The second-order valence-electron chi connectivity index (χ2n) is 7.18. The number of amides is 1. The largest absolute Gasteiger partial charge is 0.357 e. The van der Waals surface area contributed by atoms with Crippen molar-refractivity contribution in [3.8, 4) is 0 Å². The molecular formula is C18H30Cl2N4O. The standard InChI is InChI=1S/C18H28N4O.2ClH/c1-13-6-8-22(9-7-13)17-5-2-14(11-20-17)12-21-18(23)15-3-4-16(19)10-15;;/h2,5,11,13,15-16H,3-4,6-10,12,19H2,1H3,(H,21,23);2*1H. The van der Waals surface area contributed by atoms with Crippen LogP contribution in [0.4, 0.5) is 5.82 Å². The monoisotopic (exact) mass is 388 g/mol. The van der Waals surface area contributed by atoms with Crippen LogP contribution in [0.25, 0.3) is 0 Å². The van der Waals surface area contributed by atoms with Gasteiger partial charge >= 0.3 is 0 Å². The van der Waals surface area contributed by atoms with Crippen molar-refractivity contribution in [2.24, 2.45) is 17.6 Å². The number of anilines is 1. The van der Waals surface area contributed by atoms with Gasteiger partial charge in [0.1, 0.15) is 5.82 Å². The molecule has 2 heterocycles. The van der Waals surface area contributed by atoms with Crippen LogP contribution in [-0.4, -0.2) is 30.0 Å². The first-order valence-electron chi connectivity index (χ1n) is 8.85. The number of pyridine rings is 1. The number of aromatic nitrogens is 1. The Hall–Kier alpha value is -1.04. The Balaban J connectivity index is 0.00000156. The maximum absolute atomic E-state index is 12.1. The van der Waals surface area contributed by atoms with Crippen LogP contribution in [0.1, 0.15) is 44.6 Å². The number of carbonyl (C=O) groups excluding carboxylic acids is 1. The first-order valence-corrected chi connectivity index (χ1v) is 8.85. The van der Waals surface area contributed by atoms with Gasteiger partial charge in [-0.3, -0.25) is 4.79 Å². The van der Waals surface area contributed by atoms with Gasteiger partial charge in [-0.1, -0.05) is 13.0 Å². The molecule has 0 radical (unpaired) electrons. The third-order valence-corrected chi connectivity index (χ3v) is 5.23. The molecule has 3 rings (SSSR count). The van der Waals surface area contributed by atoms with Crippen LogP contribution in [0.2, 0.25) is 0 Å². The predicted octanol–water partition coefficient (Wildman–Crippen LogP) is 2.91. The van der Waals surface area contributed by atoms with Crippen LogP contribution >= 0.6 is 24.8 Å². The van der Waals surface area contributed by atoms with Gasteiger partial charge in [-0.15, -0.1) is 24.8 Å². The number of rotatable bonds is 4. The number of nitrogens with zero attached hydrogens (tertiary/aromatic N) is 2. The smallest absolute Gasteiger partial charge is 0.223 e. The van der Waals surface area contributed by atoms with Crippen molar-refractivity contribution in [2.45, 2.75) is 51.6 Å². The Morgan fingerprint density at radius 2 is 1.96 bits per heavy atom. The fraction of sp³-hybridized carbons (Fsp3) is 0.667. The maximum Gasteiger partial charge on any atom is 0.223 e. The predicted molar refractivity (Wildman–Crippen MR) is 107 cm³/mol. The van der Waals surface area contributed by atoms with Crippen LogP contribution in [0, 0.1) is 11.8 Å². The number of nitrogens with one attached hydrogen (secondary N) is 1. The van der Waals surface area contributed by atoms with Gasteiger partial charge in [0.2, 0.25) is 5.91 Å². The van der Waals surface area contributed by atoms with E-state index in [1.807, 2.05) is 6.20 Å². The van der Waals surface area contributed by atoms with Crippen molar-refractivity contribution in [1.29, 1.82) is 0 Å². The molecule has 3 N–H and O–H groups in total. The average molecular weight is 389 g/mol. The Kier molecular flexibility index (Phi) is 8.97. The van der Waals surface area contributed by atoms with Crippen LogP contribution in [0.5, 0.6) is 0 Å². The van der Waals surface area contributed by atoms with E-state index in [9.17, 15) is 4.79 Å². The lowest BCUT2D eigenvalue weighted by Gasteiger charge is -2.31. The molecule has 1 aliphatic carbocycles. The molecule has 25 heavy (non-hydrogen) atoms. The Labute approximate surface area is 163 Å². The van der Waals surface area contributed by atoms with Crippen LogP contribution in [0.3, 0.4) is 0 Å². The Bertz CT molecular complexity index is 532. The average Bonchev–Trinajstić information content (AvgIpc) is 3.00. The molecule has 1 aromatic rings. The van der Waals surface area contributed by atoms with E-state index in [0.29, 0.717) is 6.54 Å². The molecule has 2 unspecified atom stereocenters. The molecule has 142 valence electrons. The number of nitrogens with two attached hydrogens (primary N) is 1. The highest BCUT2D eigenvalue weighted by molar-refractivity contribution is 5.85. The van der Waals surface area contributed by atoms with Crippen molar-refractivity contribution >= 4 is 36.5 Å². The van der Waals surface area contributed by atoms with Crippen LogP contribution in [-0.2, 0) is 11.3 Å². The summed E-state index contributed by atoms with van der Waals surface area (Å²) in [6.45, 7) is 5.04. The van der Waals surface area contributed by atoms with E-state index in [-0.39, 0.29) is 42.7 Å². The molecule has 1 aliphatic heterocycles.